The first-order valence-corrected chi connectivity index (χ1v) is 4.37. The van der Waals surface area contributed by atoms with Crippen molar-refractivity contribution in [3.8, 4) is 6.07 Å². The molecular weight excluding hydrogens is 168 g/mol. The minimum Gasteiger partial charge on any atom is -0.392 e. The van der Waals surface area contributed by atoms with E-state index in [0.29, 0.717) is 19.4 Å². The van der Waals surface area contributed by atoms with Crippen LogP contribution in [0.4, 0.5) is 0 Å². The van der Waals surface area contributed by atoms with Gasteiger partial charge in [-0.25, -0.2) is 0 Å². The van der Waals surface area contributed by atoms with E-state index in [1.54, 1.807) is 14.0 Å². The summed E-state index contributed by atoms with van der Waals surface area (Å²) in [5.74, 6) is -0.157. The van der Waals surface area contributed by atoms with E-state index in [0.717, 1.165) is 0 Å². The number of amides is 1. The van der Waals surface area contributed by atoms with Gasteiger partial charge in [-0.1, -0.05) is 0 Å². The summed E-state index contributed by atoms with van der Waals surface area (Å²) in [7, 11) is 1.62. The van der Waals surface area contributed by atoms with E-state index in [1.165, 1.54) is 4.90 Å². The van der Waals surface area contributed by atoms with Crippen molar-refractivity contribution in [2.24, 2.45) is 5.41 Å². The van der Waals surface area contributed by atoms with E-state index >= 15 is 0 Å². The van der Waals surface area contributed by atoms with Gasteiger partial charge in [0.25, 0.3) is 0 Å². The van der Waals surface area contributed by atoms with Crippen molar-refractivity contribution in [2.75, 3.05) is 13.6 Å². The van der Waals surface area contributed by atoms with Gasteiger partial charge >= 0.3 is 0 Å². The zero-order valence-electron chi connectivity index (χ0n) is 7.95. The Balaban J connectivity index is 2.54. The first-order valence-electron chi connectivity index (χ1n) is 4.37. The summed E-state index contributed by atoms with van der Waals surface area (Å²) in [6, 6.07) is 2.03. The van der Waals surface area contributed by atoms with Crippen LogP contribution in [0.1, 0.15) is 19.8 Å². The Bertz CT molecular complexity index is 251. The minimum atomic E-state index is -0.760. The lowest BCUT2D eigenvalue weighted by Crippen LogP contribution is -2.37. The Morgan fingerprint density at radius 1 is 1.77 bits per heavy atom. The number of aliphatic hydroxyl groups is 1. The van der Waals surface area contributed by atoms with Gasteiger partial charge in [0.05, 0.1) is 12.2 Å². The van der Waals surface area contributed by atoms with E-state index < -0.39 is 11.5 Å². The molecule has 0 aromatic carbocycles. The smallest absolute Gasteiger partial charge is 0.242 e. The molecule has 1 amide bonds. The average molecular weight is 182 g/mol. The molecule has 0 bridgehead atoms. The first-order chi connectivity index (χ1) is 6.02. The molecule has 1 unspecified atom stereocenters. The molecule has 0 heterocycles. The number of carbonyl (C=O) groups excluding carboxylic acids is 1. The van der Waals surface area contributed by atoms with Gasteiger partial charge in [0.1, 0.15) is 5.41 Å². The van der Waals surface area contributed by atoms with Crippen molar-refractivity contribution >= 4 is 5.91 Å². The van der Waals surface area contributed by atoms with Crippen LogP contribution in [0, 0.1) is 16.7 Å². The van der Waals surface area contributed by atoms with Crippen molar-refractivity contribution in [1.29, 1.82) is 5.26 Å². The van der Waals surface area contributed by atoms with Crippen LogP contribution in [0.15, 0.2) is 0 Å². The van der Waals surface area contributed by atoms with E-state index in [2.05, 4.69) is 0 Å². The molecule has 0 aliphatic heterocycles. The second-order valence-electron chi connectivity index (χ2n) is 3.73. The van der Waals surface area contributed by atoms with Crippen LogP contribution in [-0.2, 0) is 4.79 Å². The van der Waals surface area contributed by atoms with Crippen LogP contribution in [0.5, 0.6) is 0 Å². The van der Waals surface area contributed by atoms with Gasteiger partial charge in [-0.2, -0.15) is 5.26 Å². The van der Waals surface area contributed by atoms with Crippen LogP contribution >= 0.6 is 0 Å². The fourth-order valence-electron chi connectivity index (χ4n) is 1.34. The average Bonchev–Trinajstić information content (AvgIpc) is 2.82. The third kappa shape index (κ3) is 1.99. The first kappa shape index (κ1) is 10.0. The quantitative estimate of drug-likeness (QED) is 0.674. The van der Waals surface area contributed by atoms with Crippen molar-refractivity contribution in [1.82, 2.24) is 4.90 Å². The molecule has 13 heavy (non-hydrogen) atoms. The van der Waals surface area contributed by atoms with E-state index in [1.807, 2.05) is 6.07 Å². The van der Waals surface area contributed by atoms with Crippen molar-refractivity contribution < 1.29 is 9.90 Å². The second-order valence-corrected chi connectivity index (χ2v) is 3.73. The third-order valence-corrected chi connectivity index (χ3v) is 2.26. The summed E-state index contributed by atoms with van der Waals surface area (Å²) in [6.45, 7) is 1.91. The lowest BCUT2D eigenvalue weighted by molar-refractivity contribution is -0.134. The fourth-order valence-corrected chi connectivity index (χ4v) is 1.34. The maximum atomic E-state index is 11.6. The molecule has 0 radical (unpaired) electrons. The highest BCUT2D eigenvalue weighted by Gasteiger charge is 2.51. The molecule has 1 rings (SSSR count). The van der Waals surface area contributed by atoms with Gasteiger partial charge in [0, 0.05) is 13.6 Å². The molecular formula is C9H14N2O2. The number of hydrogen-bond donors (Lipinski definition) is 1. The van der Waals surface area contributed by atoms with Crippen LogP contribution in [0.2, 0.25) is 0 Å². The second kappa shape index (κ2) is 3.35. The van der Waals surface area contributed by atoms with Crippen molar-refractivity contribution in [3.63, 3.8) is 0 Å². The molecule has 1 fully saturated rings. The van der Waals surface area contributed by atoms with Crippen molar-refractivity contribution in [2.45, 2.75) is 25.9 Å². The Morgan fingerprint density at radius 2 is 2.31 bits per heavy atom. The predicted molar refractivity (Wildman–Crippen MR) is 46.6 cm³/mol. The van der Waals surface area contributed by atoms with Crippen LogP contribution < -0.4 is 0 Å². The number of likely N-dealkylation sites (N-methyl/N-ethyl adjacent to an activating group) is 1. The molecule has 4 nitrogen and oxygen atoms in total. The van der Waals surface area contributed by atoms with Gasteiger partial charge in [0.15, 0.2) is 0 Å². The highest BCUT2D eigenvalue weighted by Crippen LogP contribution is 2.46. The predicted octanol–water partition coefficient (Wildman–Crippen LogP) is 0.129. The lowest BCUT2D eigenvalue weighted by atomic mass is 10.1. The van der Waals surface area contributed by atoms with Gasteiger partial charge in [-0.3, -0.25) is 4.79 Å². The lowest BCUT2D eigenvalue weighted by Gasteiger charge is -2.20. The van der Waals surface area contributed by atoms with E-state index in [-0.39, 0.29) is 5.91 Å². The molecule has 1 aliphatic rings. The monoisotopic (exact) mass is 182 g/mol. The zero-order valence-corrected chi connectivity index (χ0v) is 7.95. The molecule has 0 aromatic heterocycles. The number of rotatable bonds is 3. The molecule has 1 saturated carbocycles. The van der Waals surface area contributed by atoms with Crippen LogP contribution in [-0.4, -0.2) is 35.6 Å². The third-order valence-electron chi connectivity index (χ3n) is 2.26. The SMILES string of the molecule is CC(O)CN(C)C(=O)C1(C#N)CC1. The topological polar surface area (TPSA) is 64.3 Å². The number of hydrogen-bond acceptors (Lipinski definition) is 3. The summed E-state index contributed by atoms with van der Waals surface area (Å²) >= 11 is 0. The molecule has 1 atom stereocenters. The standard InChI is InChI=1S/C9H14N2O2/c1-7(12)5-11(2)8(13)9(6-10)3-4-9/h7,12H,3-5H2,1-2H3. The molecule has 0 spiro atoms. The normalized spacial score (nSPS) is 20.2. The number of nitrogens with zero attached hydrogens (tertiary/aromatic N) is 2. The zero-order chi connectivity index (χ0) is 10.1. The highest BCUT2D eigenvalue weighted by atomic mass is 16.3. The molecule has 1 N–H and O–H groups in total. The summed E-state index contributed by atoms with van der Waals surface area (Å²) in [4.78, 5) is 13.0. The summed E-state index contributed by atoms with van der Waals surface area (Å²) in [5.41, 5.74) is -0.760. The maximum absolute atomic E-state index is 11.6. The number of carbonyl (C=O) groups is 1. The summed E-state index contributed by atoms with van der Waals surface area (Å²) in [5, 5.41) is 17.8. The fraction of sp³-hybridized carbons (Fsp3) is 0.778. The molecule has 72 valence electrons. The van der Waals surface area contributed by atoms with Crippen LogP contribution in [0.3, 0.4) is 0 Å². The molecule has 0 aromatic rings. The van der Waals surface area contributed by atoms with Crippen LogP contribution in [0.25, 0.3) is 0 Å². The Labute approximate surface area is 77.8 Å². The Morgan fingerprint density at radius 3 is 2.62 bits per heavy atom. The maximum Gasteiger partial charge on any atom is 0.242 e. The van der Waals surface area contributed by atoms with E-state index in [9.17, 15) is 4.79 Å². The Hall–Kier alpha value is -1.08. The van der Waals surface area contributed by atoms with Gasteiger partial charge in [-0.05, 0) is 19.8 Å². The number of aliphatic hydroxyl groups excluding tert-OH is 1. The van der Waals surface area contributed by atoms with Gasteiger partial charge in [-0.15, -0.1) is 0 Å². The Kier molecular flexibility index (Phi) is 2.58. The van der Waals surface area contributed by atoms with E-state index in [4.69, 9.17) is 10.4 Å². The molecule has 4 heteroatoms. The summed E-state index contributed by atoms with van der Waals surface area (Å²) < 4.78 is 0. The molecule has 0 saturated heterocycles. The summed E-state index contributed by atoms with van der Waals surface area (Å²) in [6.07, 6.45) is 0.780. The van der Waals surface area contributed by atoms with Gasteiger partial charge in [0.2, 0.25) is 5.91 Å². The number of nitriles is 1. The largest absolute Gasteiger partial charge is 0.392 e. The van der Waals surface area contributed by atoms with Gasteiger partial charge < -0.3 is 10.0 Å². The molecule has 1 aliphatic carbocycles. The minimum absolute atomic E-state index is 0.157. The highest BCUT2D eigenvalue weighted by molar-refractivity contribution is 5.88. The van der Waals surface area contributed by atoms with Crippen molar-refractivity contribution in [3.05, 3.63) is 0 Å².